The van der Waals surface area contributed by atoms with Gasteiger partial charge >= 0.3 is 0 Å². The number of carbonyl (C=O) groups excluding carboxylic acids is 1. The van der Waals surface area contributed by atoms with Gasteiger partial charge in [0.15, 0.2) is 0 Å². The molecule has 2 heteroatoms. The Labute approximate surface area is 79.3 Å². The summed E-state index contributed by atoms with van der Waals surface area (Å²) in [6, 6.07) is 7.89. The highest BCUT2D eigenvalue weighted by Gasteiger charge is 1.86. The van der Waals surface area contributed by atoms with Gasteiger partial charge in [0.1, 0.15) is 0 Å². The van der Waals surface area contributed by atoms with Gasteiger partial charge < -0.3 is 0 Å². The van der Waals surface area contributed by atoms with Gasteiger partial charge in [0.25, 0.3) is 0 Å². The van der Waals surface area contributed by atoms with Crippen molar-refractivity contribution in [1.82, 2.24) is 0 Å². The molecule has 0 heterocycles. The normalized spacial score (nSPS) is 10.3. The molecular weight excluding hydrogens is 251 g/mol. The van der Waals surface area contributed by atoms with E-state index in [0.717, 1.165) is 9.13 Å². The largest absolute Gasteiger partial charge is 0.286 e. The molecule has 0 aliphatic carbocycles. The second-order valence-electron chi connectivity index (χ2n) is 2.01. The molecule has 0 N–H and O–H groups in total. The van der Waals surface area contributed by atoms with Crippen LogP contribution in [0.15, 0.2) is 30.3 Å². The molecule has 0 unspecified atom stereocenters. The zero-order valence-corrected chi connectivity index (χ0v) is 7.91. The van der Waals surface area contributed by atoms with E-state index in [4.69, 9.17) is 0 Å². The molecule has 0 amide bonds. The lowest BCUT2D eigenvalue weighted by molar-refractivity contribution is 0.564. The zero-order valence-electron chi connectivity index (χ0n) is 5.75. The Morgan fingerprint density at radius 1 is 1.45 bits per heavy atom. The summed E-state index contributed by atoms with van der Waals surface area (Å²) < 4.78 is 1.16. The fourth-order valence-corrected chi connectivity index (χ4v) is 1.31. The number of benzene rings is 1. The molecule has 0 aromatic heterocycles. The molecular formula is C9H6IO. The van der Waals surface area contributed by atoms with Crippen LogP contribution in [0.25, 0.3) is 6.08 Å². The highest BCUT2D eigenvalue weighted by Crippen LogP contribution is 2.08. The molecule has 0 atom stereocenters. The Balaban J connectivity index is 2.87. The Morgan fingerprint density at radius 2 is 2.27 bits per heavy atom. The molecule has 0 saturated heterocycles. The van der Waals surface area contributed by atoms with Gasteiger partial charge in [0.05, 0.1) is 0 Å². The Hall–Kier alpha value is -0.640. The lowest BCUT2D eigenvalue weighted by Gasteiger charge is -1.91. The van der Waals surface area contributed by atoms with Gasteiger partial charge in [-0.1, -0.05) is 18.2 Å². The summed E-state index contributed by atoms with van der Waals surface area (Å²) >= 11 is 2.22. The third-order valence-electron chi connectivity index (χ3n) is 1.19. The first kappa shape index (κ1) is 8.46. The Bertz CT molecular complexity index is 279. The van der Waals surface area contributed by atoms with Crippen molar-refractivity contribution in [2.24, 2.45) is 0 Å². The molecule has 0 fully saturated rings. The summed E-state index contributed by atoms with van der Waals surface area (Å²) in [6.07, 6.45) is 4.80. The van der Waals surface area contributed by atoms with Gasteiger partial charge in [0, 0.05) is 3.57 Å². The first-order valence-electron chi connectivity index (χ1n) is 3.13. The summed E-state index contributed by atoms with van der Waals surface area (Å²) in [4.78, 5) is 9.85. The maximum absolute atomic E-state index is 9.85. The van der Waals surface area contributed by atoms with Crippen LogP contribution in [0.1, 0.15) is 5.56 Å². The third kappa shape index (κ3) is 2.84. The van der Waals surface area contributed by atoms with E-state index >= 15 is 0 Å². The molecule has 1 nitrogen and oxygen atoms in total. The summed E-state index contributed by atoms with van der Waals surface area (Å²) in [5.41, 5.74) is 1.03. The van der Waals surface area contributed by atoms with Gasteiger partial charge in [-0.05, 0) is 46.4 Å². The number of halogens is 1. The smallest absolute Gasteiger partial charge is 0.225 e. The van der Waals surface area contributed by atoms with E-state index in [1.807, 2.05) is 24.3 Å². The molecule has 0 spiro atoms. The van der Waals surface area contributed by atoms with E-state index in [-0.39, 0.29) is 0 Å². The van der Waals surface area contributed by atoms with Crippen molar-refractivity contribution in [2.45, 2.75) is 0 Å². The molecule has 55 valence electrons. The van der Waals surface area contributed by atoms with Crippen molar-refractivity contribution in [3.63, 3.8) is 0 Å². The first-order chi connectivity index (χ1) is 5.33. The van der Waals surface area contributed by atoms with E-state index in [1.54, 1.807) is 12.4 Å². The maximum atomic E-state index is 9.85. The van der Waals surface area contributed by atoms with Crippen LogP contribution < -0.4 is 0 Å². The zero-order chi connectivity index (χ0) is 8.10. The molecule has 0 bridgehead atoms. The van der Waals surface area contributed by atoms with Crippen LogP contribution in [-0.4, -0.2) is 6.29 Å². The van der Waals surface area contributed by atoms with E-state index in [2.05, 4.69) is 22.6 Å². The van der Waals surface area contributed by atoms with Crippen LogP contribution in [0.3, 0.4) is 0 Å². The minimum atomic E-state index is 1.03. The fraction of sp³-hybridized carbons (Fsp3) is 0. The molecule has 1 rings (SSSR count). The predicted molar refractivity (Wildman–Crippen MR) is 53.9 cm³/mol. The summed E-state index contributed by atoms with van der Waals surface area (Å²) in [7, 11) is 0. The highest BCUT2D eigenvalue weighted by atomic mass is 127. The van der Waals surface area contributed by atoms with Crippen LogP contribution in [0.2, 0.25) is 0 Å². The number of hydrogen-bond donors (Lipinski definition) is 0. The minimum Gasteiger partial charge on any atom is -0.286 e. The summed E-state index contributed by atoms with van der Waals surface area (Å²) in [5, 5.41) is 0. The van der Waals surface area contributed by atoms with Crippen LogP contribution in [0.4, 0.5) is 0 Å². The van der Waals surface area contributed by atoms with Gasteiger partial charge in [-0.2, -0.15) is 0 Å². The quantitative estimate of drug-likeness (QED) is 0.587. The minimum absolute atomic E-state index is 1.03. The number of hydrogen-bond acceptors (Lipinski definition) is 1. The number of rotatable bonds is 2. The second kappa shape index (κ2) is 4.28. The van der Waals surface area contributed by atoms with E-state index in [9.17, 15) is 4.79 Å². The molecule has 11 heavy (non-hydrogen) atoms. The standard InChI is InChI=1S/C9H6IO/c10-9-5-1-3-8(7-9)4-2-6-11/h1-5,7H/b4-2+. The Morgan fingerprint density at radius 3 is 2.91 bits per heavy atom. The van der Waals surface area contributed by atoms with Crippen molar-refractivity contribution in [3.8, 4) is 0 Å². The van der Waals surface area contributed by atoms with Crippen molar-refractivity contribution < 1.29 is 4.79 Å². The summed E-state index contributed by atoms with van der Waals surface area (Å²) in [6.45, 7) is 0. The maximum Gasteiger partial charge on any atom is 0.225 e. The average molecular weight is 257 g/mol. The van der Waals surface area contributed by atoms with Crippen LogP contribution in [0, 0.1) is 3.57 Å². The van der Waals surface area contributed by atoms with Crippen molar-refractivity contribution >= 4 is 35.0 Å². The van der Waals surface area contributed by atoms with Crippen LogP contribution >= 0.6 is 22.6 Å². The first-order valence-corrected chi connectivity index (χ1v) is 4.20. The lowest BCUT2D eigenvalue weighted by atomic mass is 10.2. The molecule has 1 aromatic carbocycles. The van der Waals surface area contributed by atoms with Gasteiger partial charge in [-0.3, -0.25) is 4.79 Å². The van der Waals surface area contributed by atoms with Crippen LogP contribution in [-0.2, 0) is 4.79 Å². The number of allylic oxidation sites excluding steroid dienone is 1. The molecule has 0 saturated carbocycles. The SMILES string of the molecule is O=[C]/C=C/c1cccc(I)c1. The third-order valence-corrected chi connectivity index (χ3v) is 1.86. The average Bonchev–Trinajstić information content (AvgIpc) is 2.01. The van der Waals surface area contributed by atoms with E-state index in [0.29, 0.717) is 0 Å². The summed E-state index contributed by atoms with van der Waals surface area (Å²) in [5.74, 6) is 0. The van der Waals surface area contributed by atoms with Gasteiger partial charge in [-0.15, -0.1) is 0 Å². The monoisotopic (exact) mass is 257 g/mol. The Kier molecular flexibility index (Phi) is 3.29. The predicted octanol–water partition coefficient (Wildman–Crippen LogP) is 2.41. The molecule has 1 radical (unpaired) electrons. The highest BCUT2D eigenvalue weighted by molar-refractivity contribution is 14.1. The van der Waals surface area contributed by atoms with Gasteiger partial charge in [-0.25, -0.2) is 0 Å². The van der Waals surface area contributed by atoms with Crippen LogP contribution in [0.5, 0.6) is 0 Å². The van der Waals surface area contributed by atoms with Gasteiger partial charge in [0.2, 0.25) is 6.29 Å². The molecule has 0 aliphatic heterocycles. The topological polar surface area (TPSA) is 17.1 Å². The second-order valence-corrected chi connectivity index (χ2v) is 3.25. The van der Waals surface area contributed by atoms with E-state index < -0.39 is 0 Å². The van der Waals surface area contributed by atoms with Crippen molar-refractivity contribution in [1.29, 1.82) is 0 Å². The van der Waals surface area contributed by atoms with Crippen molar-refractivity contribution in [3.05, 3.63) is 39.5 Å². The van der Waals surface area contributed by atoms with E-state index in [1.165, 1.54) is 6.08 Å². The molecule has 0 aliphatic rings. The fourth-order valence-electron chi connectivity index (χ4n) is 0.741. The van der Waals surface area contributed by atoms with Crippen molar-refractivity contribution in [2.75, 3.05) is 0 Å². The lowest BCUT2D eigenvalue weighted by Crippen LogP contribution is -1.73. The molecule has 1 aromatic rings.